The minimum atomic E-state index is -0.705. The monoisotopic (exact) mass is 1090 g/mol. The van der Waals surface area contributed by atoms with E-state index in [9.17, 15) is 28.8 Å². The quantitative estimate of drug-likeness (QED) is 0.0373. The van der Waals surface area contributed by atoms with Crippen molar-refractivity contribution in [1.82, 2.24) is 41.7 Å². The molecule has 16 nitrogen and oxygen atoms in total. The lowest BCUT2D eigenvalue weighted by molar-refractivity contribution is -0.144. The summed E-state index contributed by atoms with van der Waals surface area (Å²) in [5.74, 6) is 0.113. The Balaban J connectivity index is 0.881. The predicted molar refractivity (Wildman–Crippen MR) is 303 cm³/mol. The van der Waals surface area contributed by atoms with Gasteiger partial charge in [0.25, 0.3) is 0 Å². The molecule has 76 heavy (non-hydrogen) atoms. The average molecular weight is 1090 g/mol. The summed E-state index contributed by atoms with van der Waals surface area (Å²) in [6.45, 7) is 12.9. The van der Waals surface area contributed by atoms with Crippen LogP contribution in [0.1, 0.15) is 148 Å². The Morgan fingerprint density at radius 3 is 1.50 bits per heavy atom. The van der Waals surface area contributed by atoms with Gasteiger partial charge in [0.05, 0.1) is 47.8 Å². The van der Waals surface area contributed by atoms with Crippen LogP contribution >= 0.6 is 23.5 Å². The van der Waals surface area contributed by atoms with Gasteiger partial charge in [0.2, 0.25) is 35.4 Å². The highest BCUT2D eigenvalue weighted by molar-refractivity contribution is 8.00. The number of carbonyl (C=O) groups excluding carboxylic acids is 6. The van der Waals surface area contributed by atoms with Crippen LogP contribution in [-0.4, -0.2) is 138 Å². The van der Waals surface area contributed by atoms with E-state index in [2.05, 4.69) is 45.7 Å². The van der Waals surface area contributed by atoms with Crippen LogP contribution in [0.15, 0.2) is 73.0 Å². The fourth-order valence-electron chi connectivity index (χ4n) is 10.9. The van der Waals surface area contributed by atoms with Crippen molar-refractivity contribution in [3.05, 3.63) is 84.1 Å². The van der Waals surface area contributed by atoms with Gasteiger partial charge in [0, 0.05) is 6.61 Å². The van der Waals surface area contributed by atoms with Crippen molar-refractivity contribution in [3.63, 3.8) is 0 Å². The molecule has 0 saturated carbocycles. The van der Waals surface area contributed by atoms with E-state index in [4.69, 9.17) is 9.47 Å². The number of nitrogens with zero attached hydrogens (tertiary/aromatic N) is 2. The van der Waals surface area contributed by atoms with Gasteiger partial charge in [-0.3, -0.25) is 28.8 Å². The molecule has 420 valence electrons. The smallest absolute Gasteiger partial charge is 0.246 e. The Hall–Kier alpha value is -4.62. The maximum absolute atomic E-state index is 14.3. The predicted octanol–water partition coefficient (Wildman–Crippen LogP) is 7.12. The molecule has 0 radical (unpaired) electrons. The number of fused-ring (bicyclic) bond motifs is 2. The highest BCUT2D eigenvalue weighted by Gasteiger charge is 2.56. The standard InChI is InChI=1S/C58H88N8O8S2/c1-39(59-7)51(67)61-43-29-33-75-47-35-57(3,4)49(65(47)55(43)71)53(69)63-45(41-25-19-17-20-26-41)37-73-31-23-15-13-11-9-10-12-14-16-24-32-74-38-46(42-27-21-18-22-28-42)64-54(70)50-58(5,6)36-48-66(50)56(72)44(30-34-76-48)62-52(68)40(2)60-8/h17-23,25-28,31,39-40,43-50,59-60H,9-16,24,29-30,32-38H2,1-8H3,(H,61,67)(H,62,68)(H,63,69)(H,64,70)/t39-,40-,43-,44-,45+,46+,47-,48-,49+,50+/m0/s1. The summed E-state index contributed by atoms with van der Waals surface area (Å²) >= 11 is 3.36. The van der Waals surface area contributed by atoms with Gasteiger partial charge in [-0.2, -0.15) is 0 Å². The Labute approximate surface area is 461 Å². The summed E-state index contributed by atoms with van der Waals surface area (Å²) in [5, 5.41) is 18.0. The van der Waals surface area contributed by atoms with Crippen LogP contribution in [-0.2, 0) is 38.2 Å². The number of hydrogen-bond acceptors (Lipinski definition) is 12. The minimum Gasteiger partial charge on any atom is -0.499 e. The van der Waals surface area contributed by atoms with Crippen LogP contribution in [0.25, 0.3) is 0 Å². The molecule has 0 bridgehead atoms. The molecule has 4 saturated heterocycles. The maximum Gasteiger partial charge on any atom is 0.246 e. The second kappa shape index (κ2) is 29.4. The molecule has 2 aromatic rings. The third-order valence-electron chi connectivity index (χ3n) is 15.6. The molecule has 10 atom stereocenters. The molecule has 6 rings (SSSR count). The first-order chi connectivity index (χ1) is 36.5. The van der Waals surface area contributed by atoms with Crippen molar-refractivity contribution in [2.24, 2.45) is 10.8 Å². The number of nitrogens with one attached hydrogen (secondary N) is 6. The molecule has 4 heterocycles. The van der Waals surface area contributed by atoms with E-state index in [1.807, 2.05) is 80.6 Å². The van der Waals surface area contributed by atoms with Crippen LogP contribution in [0.4, 0.5) is 0 Å². The molecule has 0 aromatic heterocycles. The first-order valence-corrected chi connectivity index (χ1v) is 29.9. The number of amides is 6. The number of unbranched alkanes of at least 4 members (excludes halogenated alkanes) is 8. The van der Waals surface area contributed by atoms with Crippen molar-refractivity contribution in [1.29, 1.82) is 0 Å². The van der Waals surface area contributed by atoms with Crippen molar-refractivity contribution in [2.75, 3.05) is 45.4 Å². The maximum atomic E-state index is 14.3. The molecule has 0 unspecified atom stereocenters. The molecule has 6 N–H and O–H groups in total. The van der Waals surface area contributed by atoms with Crippen LogP contribution in [0, 0.1) is 10.8 Å². The van der Waals surface area contributed by atoms with Gasteiger partial charge in [-0.25, -0.2) is 0 Å². The van der Waals surface area contributed by atoms with Crippen LogP contribution in [0.3, 0.4) is 0 Å². The molecular weight excluding hydrogens is 1000 g/mol. The first kappa shape index (κ1) is 60.6. The molecule has 4 fully saturated rings. The van der Waals surface area contributed by atoms with Gasteiger partial charge < -0.3 is 51.2 Å². The lowest BCUT2D eigenvalue weighted by atomic mass is 9.83. The molecular formula is C58H88N8O8S2. The van der Waals surface area contributed by atoms with E-state index in [0.717, 1.165) is 62.5 Å². The number of rotatable bonds is 28. The summed E-state index contributed by atoms with van der Waals surface area (Å²) in [4.78, 5) is 85.9. The third kappa shape index (κ3) is 16.5. The van der Waals surface area contributed by atoms with Crippen molar-refractivity contribution in [3.8, 4) is 0 Å². The Bertz CT molecular complexity index is 2240. The number of ether oxygens (including phenoxy) is 2. The SMILES string of the molecule is CN[C@@H](C)C(=O)N[C@H]1CCS[C@H]2CC(C)(C)[C@@H](C(=O)N[C@H](COC=CCCCCCCCCCCOC[C@@H](NC(=O)[C@H]3N4C(=O)[C@@H](NC(=O)[C@H](C)NC)CCS[C@H]4CC3(C)C)c3ccccc3)c3ccccc3)N2C1=O. The number of hydrogen-bond donors (Lipinski definition) is 6. The number of thioether (sulfide) groups is 2. The first-order valence-electron chi connectivity index (χ1n) is 27.8. The molecule has 4 aliphatic heterocycles. The van der Waals surface area contributed by atoms with Crippen LogP contribution in [0.5, 0.6) is 0 Å². The highest BCUT2D eigenvalue weighted by Crippen LogP contribution is 2.48. The molecule has 0 aliphatic carbocycles. The zero-order valence-corrected chi connectivity index (χ0v) is 48.0. The number of benzene rings is 2. The van der Waals surface area contributed by atoms with Crippen LogP contribution in [0.2, 0.25) is 0 Å². The Kier molecular flexibility index (Phi) is 23.4. The van der Waals surface area contributed by atoms with Gasteiger partial charge in [0.15, 0.2) is 0 Å². The topological polar surface area (TPSA) is 200 Å². The fourth-order valence-corrected chi connectivity index (χ4v) is 14.0. The number of allylic oxidation sites excluding steroid dienone is 1. The Morgan fingerprint density at radius 2 is 1.05 bits per heavy atom. The molecule has 18 heteroatoms. The van der Waals surface area contributed by atoms with E-state index in [1.54, 1.807) is 67.5 Å². The number of carbonyl (C=O) groups is 6. The normalized spacial score (nSPS) is 24.6. The molecule has 4 aliphatic rings. The molecule has 0 spiro atoms. The molecule has 2 aromatic carbocycles. The summed E-state index contributed by atoms with van der Waals surface area (Å²) in [5.41, 5.74) is 0.913. The van der Waals surface area contributed by atoms with Gasteiger partial charge in [0.1, 0.15) is 30.8 Å². The third-order valence-corrected chi connectivity index (χ3v) is 18.1. The van der Waals surface area contributed by atoms with Crippen molar-refractivity contribution >= 4 is 59.0 Å². The van der Waals surface area contributed by atoms with Gasteiger partial charge >= 0.3 is 0 Å². The van der Waals surface area contributed by atoms with E-state index < -0.39 is 53.1 Å². The Morgan fingerprint density at radius 1 is 0.632 bits per heavy atom. The summed E-state index contributed by atoms with van der Waals surface area (Å²) in [7, 11) is 3.42. The second-order valence-electron chi connectivity index (χ2n) is 22.4. The fraction of sp³-hybridized carbons (Fsp3) is 0.655. The van der Waals surface area contributed by atoms with E-state index in [1.165, 1.54) is 6.42 Å². The largest absolute Gasteiger partial charge is 0.499 e. The zero-order valence-electron chi connectivity index (χ0n) is 46.4. The second-order valence-corrected chi connectivity index (χ2v) is 25.0. The lowest BCUT2D eigenvalue weighted by Gasteiger charge is -2.35. The van der Waals surface area contributed by atoms with Crippen molar-refractivity contribution in [2.45, 2.75) is 184 Å². The number of likely N-dealkylation sites (N-methyl/N-ethyl adjacent to an activating group) is 2. The van der Waals surface area contributed by atoms with Crippen LogP contribution < -0.4 is 31.9 Å². The van der Waals surface area contributed by atoms with E-state index >= 15 is 0 Å². The van der Waals surface area contributed by atoms with E-state index in [-0.39, 0.29) is 58.8 Å². The summed E-state index contributed by atoms with van der Waals surface area (Å²) < 4.78 is 12.3. The summed E-state index contributed by atoms with van der Waals surface area (Å²) in [6.07, 6.45) is 15.9. The highest BCUT2D eigenvalue weighted by atomic mass is 32.2. The van der Waals surface area contributed by atoms with Gasteiger partial charge in [-0.15, -0.1) is 23.5 Å². The van der Waals surface area contributed by atoms with Crippen molar-refractivity contribution < 1.29 is 38.2 Å². The lowest BCUT2D eigenvalue weighted by Crippen LogP contribution is -2.58. The zero-order chi connectivity index (χ0) is 54.8. The average Bonchev–Trinajstić information content (AvgIpc) is 3.73. The summed E-state index contributed by atoms with van der Waals surface area (Å²) in [6, 6.07) is 15.2. The molecule has 6 amide bonds. The van der Waals surface area contributed by atoms with Gasteiger partial charge in [-0.1, -0.05) is 127 Å². The minimum absolute atomic E-state index is 0.141. The van der Waals surface area contributed by atoms with E-state index in [0.29, 0.717) is 50.4 Å². The van der Waals surface area contributed by atoms with Gasteiger partial charge in [-0.05, 0) is 112 Å².